The fourth-order valence-electron chi connectivity index (χ4n) is 1.58. The molecule has 0 aliphatic heterocycles. The Kier molecular flexibility index (Phi) is 4.17. The van der Waals surface area contributed by atoms with Crippen LogP contribution in [0.15, 0.2) is 18.5 Å². The molecule has 1 saturated carbocycles. The highest BCUT2D eigenvalue weighted by Crippen LogP contribution is 2.30. The van der Waals surface area contributed by atoms with Crippen LogP contribution in [0.3, 0.4) is 0 Å². The summed E-state index contributed by atoms with van der Waals surface area (Å²) in [6, 6.07) is 1.96. The van der Waals surface area contributed by atoms with E-state index in [4.69, 9.17) is 4.74 Å². The van der Waals surface area contributed by atoms with Gasteiger partial charge in [0.15, 0.2) is 0 Å². The van der Waals surface area contributed by atoms with Gasteiger partial charge in [0.2, 0.25) is 0 Å². The molecule has 1 aliphatic rings. The summed E-state index contributed by atoms with van der Waals surface area (Å²) in [4.78, 5) is 4.15. The highest BCUT2D eigenvalue weighted by atomic mass is 16.5. The van der Waals surface area contributed by atoms with Crippen LogP contribution in [0.2, 0.25) is 0 Å². The van der Waals surface area contributed by atoms with Crippen molar-refractivity contribution in [3.8, 4) is 5.75 Å². The fourth-order valence-corrected chi connectivity index (χ4v) is 1.58. The minimum Gasteiger partial charge on any atom is -0.493 e. The molecule has 0 radical (unpaired) electrons. The number of rotatable bonds is 7. The van der Waals surface area contributed by atoms with Crippen molar-refractivity contribution in [2.75, 3.05) is 13.2 Å². The number of hydrogen-bond donors (Lipinski definition) is 1. The lowest BCUT2D eigenvalue weighted by Gasteiger charge is -2.10. The van der Waals surface area contributed by atoms with Gasteiger partial charge in [0.05, 0.1) is 6.61 Å². The summed E-state index contributed by atoms with van der Waals surface area (Å²) in [6.45, 7) is 4.92. The van der Waals surface area contributed by atoms with E-state index in [2.05, 4.69) is 17.2 Å². The standard InChI is InChI=1S/C13H20N2O/c1-2-6-14-8-12-9-15-7-5-13(12)16-10-11-3-4-11/h5,7,9,11,14H,2-4,6,8,10H2,1H3. The highest BCUT2D eigenvalue weighted by molar-refractivity contribution is 5.29. The van der Waals surface area contributed by atoms with Gasteiger partial charge in [0.1, 0.15) is 5.75 Å². The number of nitrogens with one attached hydrogen (secondary N) is 1. The SMILES string of the molecule is CCCNCc1cnccc1OCC1CC1. The molecule has 1 aromatic rings. The van der Waals surface area contributed by atoms with Gasteiger partial charge < -0.3 is 10.1 Å². The molecule has 1 aliphatic carbocycles. The van der Waals surface area contributed by atoms with Crippen LogP contribution in [0.5, 0.6) is 5.75 Å². The molecule has 0 amide bonds. The molecule has 16 heavy (non-hydrogen) atoms. The zero-order valence-electron chi connectivity index (χ0n) is 9.91. The lowest BCUT2D eigenvalue weighted by atomic mass is 10.2. The fraction of sp³-hybridized carbons (Fsp3) is 0.615. The van der Waals surface area contributed by atoms with Gasteiger partial charge in [-0.25, -0.2) is 0 Å². The maximum atomic E-state index is 5.81. The summed E-state index contributed by atoms with van der Waals surface area (Å²) in [5.74, 6) is 1.79. The van der Waals surface area contributed by atoms with Crippen molar-refractivity contribution >= 4 is 0 Å². The molecule has 0 spiro atoms. The average molecular weight is 220 g/mol. The summed E-state index contributed by atoms with van der Waals surface area (Å²) in [7, 11) is 0. The van der Waals surface area contributed by atoms with E-state index in [0.29, 0.717) is 0 Å². The first-order valence-electron chi connectivity index (χ1n) is 6.16. The lowest BCUT2D eigenvalue weighted by Crippen LogP contribution is -2.15. The van der Waals surface area contributed by atoms with Gasteiger partial charge in [-0.05, 0) is 37.8 Å². The largest absolute Gasteiger partial charge is 0.493 e. The Morgan fingerprint density at radius 1 is 1.50 bits per heavy atom. The molecule has 0 atom stereocenters. The third kappa shape index (κ3) is 3.49. The summed E-state index contributed by atoms with van der Waals surface area (Å²) < 4.78 is 5.81. The zero-order valence-corrected chi connectivity index (χ0v) is 9.91. The van der Waals surface area contributed by atoms with E-state index in [-0.39, 0.29) is 0 Å². The summed E-state index contributed by atoms with van der Waals surface area (Å²) in [5, 5.41) is 3.38. The second-order valence-electron chi connectivity index (χ2n) is 4.41. The number of nitrogens with zero attached hydrogens (tertiary/aromatic N) is 1. The van der Waals surface area contributed by atoms with Gasteiger partial charge in [-0.1, -0.05) is 6.92 Å². The molecule has 1 heterocycles. The zero-order chi connectivity index (χ0) is 11.2. The van der Waals surface area contributed by atoms with Gasteiger partial charge in [0.25, 0.3) is 0 Å². The lowest BCUT2D eigenvalue weighted by molar-refractivity contribution is 0.295. The molecule has 0 bridgehead atoms. The Morgan fingerprint density at radius 3 is 3.12 bits per heavy atom. The average Bonchev–Trinajstić information content (AvgIpc) is 3.12. The van der Waals surface area contributed by atoms with Crippen LogP contribution in [0.1, 0.15) is 31.7 Å². The molecule has 1 N–H and O–H groups in total. The number of aromatic nitrogens is 1. The van der Waals surface area contributed by atoms with Crippen molar-refractivity contribution in [3.05, 3.63) is 24.0 Å². The molecule has 2 rings (SSSR count). The molecule has 0 unspecified atom stereocenters. The van der Waals surface area contributed by atoms with Crippen LogP contribution < -0.4 is 10.1 Å². The van der Waals surface area contributed by atoms with E-state index < -0.39 is 0 Å². The topological polar surface area (TPSA) is 34.2 Å². The van der Waals surface area contributed by atoms with Crippen LogP contribution in [-0.4, -0.2) is 18.1 Å². The first-order valence-corrected chi connectivity index (χ1v) is 6.16. The highest BCUT2D eigenvalue weighted by Gasteiger charge is 2.22. The molecular weight excluding hydrogens is 200 g/mol. The number of ether oxygens (including phenoxy) is 1. The molecule has 1 aromatic heterocycles. The van der Waals surface area contributed by atoms with Gasteiger partial charge in [0, 0.05) is 24.5 Å². The minimum atomic E-state index is 0.796. The molecular formula is C13H20N2O. The second kappa shape index (κ2) is 5.85. The van der Waals surface area contributed by atoms with Crippen molar-refractivity contribution in [2.24, 2.45) is 5.92 Å². The monoisotopic (exact) mass is 220 g/mol. The number of hydrogen-bond acceptors (Lipinski definition) is 3. The van der Waals surface area contributed by atoms with E-state index >= 15 is 0 Å². The third-order valence-electron chi connectivity index (χ3n) is 2.77. The van der Waals surface area contributed by atoms with E-state index in [0.717, 1.165) is 43.3 Å². The predicted octanol–water partition coefficient (Wildman–Crippen LogP) is 2.37. The van der Waals surface area contributed by atoms with E-state index in [9.17, 15) is 0 Å². The molecule has 88 valence electrons. The van der Waals surface area contributed by atoms with Crippen molar-refractivity contribution < 1.29 is 4.74 Å². The van der Waals surface area contributed by atoms with E-state index in [1.165, 1.54) is 12.8 Å². The second-order valence-corrected chi connectivity index (χ2v) is 4.41. The Hall–Kier alpha value is -1.09. The van der Waals surface area contributed by atoms with Crippen molar-refractivity contribution in [1.29, 1.82) is 0 Å². The van der Waals surface area contributed by atoms with E-state index in [1.807, 2.05) is 12.3 Å². The molecule has 3 heteroatoms. The van der Waals surface area contributed by atoms with Crippen LogP contribution in [0.4, 0.5) is 0 Å². The van der Waals surface area contributed by atoms with Crippen molar-refractivity contribution in [3.63, 3.8) is 0 Å². The summed E-state index contributed by atoms with van der Waals surface area (Å²) >= 11 is 0. The Bertz CT molecular complexity index is 323. The first-order chi connectivity index (χ1) is 7.90. The Labute approximate surface area is 97.2 Å². The van der Waals surface area contributed by atoms with Gasteiger partial charge in [-0.2, -0.15) is 0 Å². The predicted molar refractivity (Wildman–Crippen MR) is 64.5 cm³/mol. The first kappa shape index (κ1) is 11.4. The quantitative estimate of drug-likeness (QED) is 0.716. The van der Waals surface area contributed by atoms with Crippen LogP contribution in [0.25, 0.3) is 0 Å². The molecule has 1 fully saturated rings. The number of pyridine rings is 1. The minimum absolute atomic E-state index is 0.796. The van der Waals surface area contributed by atoms with Crippen molar-refractivity contribution in [1.82, 2.24) is 10.3 Å². The maximum Gasteiger partial charge on any atom is 0.126 e. The molecule has 3 nitrogen and oxygen atoms in total. The van der Waals surface area contributed by atoms with Gasteiger partial charge >= 0.3 is 0 Å². The van der Waals surface area contributed by atoms with Gasteiger partial charge in [-0.15, -0.1) is 0 Å². The molecule has 0 saturated heterocycles. The van der Waals surface area contributed by atoms with Crippen LogP contribution >= 0.6 is 0 Å². The summed E-state index contributed by atoms with van der Waals surface area (Å²) in [5.41, 5.74) is 1.16. The van der Waals surface area contributed by atoms with Crippen molar-refractivity contribution in [2.45, 2.75) is 32.7 Å². The Balaban J connectivity index is 1.87. The molecule has 0 aromatic carbocycles. The smallest absolute Gasteiger partial charge is 0.126 e. The Morgan fingerprint density at radius 2 is 2.38 bits per heavy atom. The summed E-state index contributed by atoms with van der Waals surface area (Å²) in [6.07, 6.45) is 7.50. The van der Waals surface area contributed by atoms with Gasteiger partial charge in [-0.3, -0.25) is 4.98 Å². The maximum absolute atomic E-state index is 5.81. The van der Waals surface area contributed by atoms with Crippen LogP contribution in [0, 0.1) is 5.92 Å². The third-order valence-corrected chi connectivity index (χ3v) is 2.77. The van der Waals surface area contributed by atoms with Crippen LogP contribution in [-0.2, 0) is 6.54 Å². The normalized spacial score (nSPS) is 15.1. The van der Waals surface area contributed by atoms with E-state index in [1.54, 1.807) is 6.20 Å².